The molecular formula is C48H53Cl2FN7O9P. The summed E-state index contributed by atoms with van der Waals surface area (Å²) in [5.74, 6) is -3.60. The van der Waals surface area contributed by atoms with Crippen LogP contribution in [-0.2, 0) is 40.2 Å². The number of piperidine rings is 2. The average molecular weight is 993 g/mol. The molecule has 2 saturated carbocycles. The SMILES string of the molecule is O=C1CCC(n2c(=O)n(CP(=O)(O)O)c3cc(C4CCN(C(=O)C5CCC(NC(=O)[C@@H]6NC7(CCCCC7)[C@@]7(C(=O)Nc8cc(Cl)ccc87)[C@H]6c6cccc(Cl)c6F)CC5)CC4)ccc32)C(=O)N1. The number of imide groups is 1. The number of nitrogens with one attached hydrogen (secondary N) is 4. The first-order chi connectivity index (χ1) is 32.5. The van der Waals surface area contributed by atoms with Crippen molar-refractivity contribution in [3.63, 3.8) is 0 Å². The summed E-state index contributed by atoms with van der Waals surface area (Å²) in [5, 5.41) is 12.6. The number of likely N-dealkylation sites (tertiary alicyclic amines) is 1. The fourth-order valence-corrected chi connectivity index (χ4v) is 13.8. The Labute approximate surface area is 400 Å². The summed E-state index contributed by atoms with van der Waals surface area (Å²) in [5.41, 5.74) is -0.126. The number of nitrogens with zero attached hydrogens (tertiary/aromatic N) is 3. The van der Waals surface area contributed by atoms with Gasteiger partial charge in [0.15, 0.2) is 0 Å². The van der Waals surface area contributed by atoms with E-state index in [1.165, 1.54) is 10.6 Å². The summed E-state index contributed by atoms with van der Waals surface area (Å²) in [6.45, 7) is 0.956. The van der Waals surface area contributed by atoms with E-state index in [2.05, 4.69) is 21.3 Å². The van der Waals surface area contributed by atoms with Gasteiger partial charge in [0.05, 0.1) is 22.1 Å². The number of anilines is 1. The standard InChI is InChI=1S/C48H53Cl2FN7O9P/c49-29-10-13-32-34(24-29)53-45(63)48(32)39(31-5-4-6-33(50)40(31)51)41(55-47(48)19-2-1-3-20-47)43(61)52-30-11-7-27(8-12-30)44(62)56-21-17-26(18-22-56)28-9-14-35-37(23-28)57(25-68(65,66)67)46(64)58(35)36-15-16-38(59)54-42(36)60/h4-6,9-10,13-14,23-24,26-27,30,36,39,41,55H,1-3,7-8,11-12,15-22,25H2,(H,52,61)(H,53,63)(H,54,59,60)(H2,65,66,67)/t27?,30?,36?,39-,41+,48+/m0/s1. The lowest BCUT2D eigenvalue weighted by molar-refractivity contribution is -0.138. The van der Waals surface area contributed by atoms with Crippen molar-refractivity contribution < 1.29 is 42.7 Å². The summed E-state index contributed by atoms with van der Waals surface area (Å²) in [6.07, 6.45) is 6.47. The molecule has 68 heavy (non-hydrogen) atoms. The van der Waals surface area contributed by atoms with Crippen LogP contribution in [0.4, 0.5) is 10.1 Å². The second-order valence-electron chi connectivity index (χ2n) is 19.6. The maximum absolute atomic E-state index is 16.4. The van der Waals surface area contributed by atoms with Crippen molar-refractivity contribution in [1.29, 1.82) is 0 Å². The Morgan fingerprint density at radius 3 is 2.31 bits per heavy atom. The molecule has 5 fully saturated rings. The molecule has 2 aliphatic carbocycles. The van der Waals surface area contributed by atoms with Crippen LogP contribution in [0.15, 0.2) is 59.4 Å². The van der Waals surface area contributed by atoms with E-state index in [0.717, 1.165) is 29.4 Å². The van der Waals surface area contributed by atoms with Crippen LogP contribution in [0.5, 0.6) is 0 Å². The van der Waals surface area contributed by atoms with Gasteiger partial charge in [0.25, 0.3) is 0 Å². The Balaban J connectivity index is 0.823. The van der Waals surface area contributed by atoms with Gasteiger partial charge in [0.1, 0.15) is 23.6 Å². The highest BCUT2D eigenvalue weighted by atomic mass is 35.5. The van der Waals surface area contributed by atoms with Crippen LogP contribution >= 0.6 is 30.8 Å². The highest BCUT2D eigenvalue weighted by molar-refractivity contribution is 7.50. The maximum Gasteiger partial charge on any atom is 0.345 e. The third-order valence-electron chi connectivity index (χ3n) is 15.8. The molecule has 4 aliphatic heterocycles. The minimum Gasteiger partial charge on any atom is -0.352 e. The van der Waals surface area contributed by atoms with Gasteiger partial charge in [-0.05, 0) is 111 Å². The zero-order valence-electron chi connectivity index (χ0n) is 37.1. The first-order valence-corrected chi connectivity index (χ1v) is 26.1. The molecule has 0 bridgehead atoms. The fourth-order valence-electron chi connectivity index (χ4n) is 12.8. The number of benzene rings is 3. The Hall–Kier alpha value is -4.90. The van der Waals surface area contributed by atoms with E-state index < -0.39 is 66.2 Å². The topological polar surface area (TPSA) is 221 Å². The number of amides is 5. The predicted octanol–water partition coefficient (Wildman–Crippen LogP) is 6.09. The van der Waals surface area contributed by atoms with Crippen molar-refractivity contribution in [3.8, 4) is 0 Å². The molecule has 6 aliphatic rings. The molecular weight excluding hydrogens is 939 g/mol. The fraction of sp³-hybridized carbons (Fsp3) is 0.500. The summed E-state index contributed by atoms with van der Waals surface area (Å²) in [7, 11) is -4.72. The molecule has 3 saturated heterocycles. The quantitative estimate of drug-likeness (QED) is 0.0881. The van der Waals surface area contributed by atoms with Gasteiger partial charge >= 0.3 is 13.3 Å². The first-order valence-electron chi connectivity index (χ1n) is 23.5. The first kappa shape index (κ1) is 46.8. The van der Waals surface area contributed by atoms with Crippen molar-refractivity contribution in [2.45, 2.75) is 131 Å². The second-order valence-corrected chi connectivity index (χ2v) is 22.1. The molecule has 10 rings (SSSR count). The molecule has 1 unspecified atom stereocenters. The molecule has 360 valence electrons. The average Bonchev–Trinajstić information content (AvgIpc) is 3.87. The van der Waals surface area contributed by atoms with Crippen molar-refractivity contribution in [2.24, 2.45) is 5.92 Å². The van der Waals surface area contributed by atoms with E-state index in [-0.39, 0.29) is 64.5 Å². The van der Waals surface area contributed by atoms with E-state index in [9.17, 15) is 43.1 Å². The number of fused-ring (bicyclic) bond motifs is 4. The van der Waals surface area contributed by atoms with Crippen LogP contribution in [0.3, 0.4) is 0 Å². The molecule has 5 heterocycles. The van der Waals surface area contributed by atoms with Gasteiger partial charge in [0, 0.05) is 53.6 Å². The number of carbonyl (C=O) groups excluding carboxylic acids is 5. The van der Waals surface area contributed by atoms with Gasteiger partial charge in [-0.2, -0.15) is 0 Å². The Morgan fingerprint density at radius 1 is 0.868 bits per heavy atom. The Kier molecular flexibility index (Phi) is 12.3. The molecule has 4 atom stereocenters. The molecule has 0 radical (unpaired) electrons. The van der Waals surface area contributed by atoms with Gasteiger partial charge in [-0.1, -0.05) is 66.7 Å². The van der Waals surface area contributed by atoms with Gasteiger partial charge in [-0.15, -0.1) is 0 Å². The van der Waals surface area contributed by atoms with E-state index in [4.69, 9.17) is 23.2 Å². The smallest absolute Gasteiger partial charge is 0.345 e. The monoisotopic (exact) mass is 991 g/mol. The molecule has 3 aromatic carbocycles. The minimum atomic E-state index is -4.72. The van der Waals surface area contributed by atoms with Crippen LogP contribution in [0.2, 0.25) is 10.0 Å². The number of aromatic nitrogens is 2. The third-order valence-corrected chi connectivity index (χ3v) is 17.0. The second kappa shape index (κ2) is 17.8. The lowest BCUT2D eigenvalue weighted by atomic mass is 9.55. The van der Waals surface area contributed by atoms with Crippen molar-refractivity contribution in [1.82, 2.24) is 30.0 Å². The molecule has 2 spiro atoms. The van der Waals surface area contributed by atoms with Crippen LogP contribution in [0.25, 0.3) is 11.0 Å². The molecule has 5 amide bonds. The number of imidazole rings is 1. The highest BCUT2D eigenvalue weighted by Gasteiger charge is 2.72. The van der Waals surface area contributed by atoms with E-state index >= 15 is 4.39 Å². The van der Waals surface area contributed by atoms with Crippen LogP contribution in [0, 0.1) is 11.7 Å². The predicted molar refractivity (Wildman–Crippen MR) is 251 cm³/mol. The maximum atomic E-state index is 16.4. The van der Waals surface area contributed by atoms with Gasteiger partial charge < -0.3 is 25.3 Å². The Morgan fingerprint density at radius 2 is 1.60 bits per heavy atom. The van der Waals surface area contributed by atoms with Crippen LogP contribution < -0.4 is 27.0 Å². The molecule has 1 aromatic heterocycles. The van der Waals surface area contributed by atoms with Gasteiger partial charge in [0.2, 0.25) is 29.5 Å². The van der Waals surface area contributed by atoms with Gasteiger partial charge in [-0.3, -0.25) is 48.3 Å². The van der Waals surface area contributed by atoms with Crippen LogP contribution in [-0.4, -0.2) is 84.1 Å². The Bertz CT molecular complexity index is 2860. The van der Waals surface area contributed by atoms with E-state index in [0.29, 0.717) is 86.2 Å². The zero-order valence-corrected chi connectivity index (χ0v) is 39.6. The summed E-state index contributed by atoms with van der Waals surface area (Å²) < 4.78 is 30.7. The highest BCUT2D eigenvalue weighted by Crippen LogP contribution is 2.63. The molecule has 4 aromatic rings. The molecule has 6 N–H and O–H groups in total. The normalized spacial score (nSPS) is 27.4. The lowest BCUT2D eigenvalue weighted by Crippen LogP contribution is -2.60. The zero-order chi connectivity index (χ0) is 47.9. The van der Waals surface area contributed by atoms with Crippen molar-refractivity contribution in [3.05, 3.63) is 97.6 Å². The summed E-state index contributed by atoms with van der Waals surface area (Å²) in [6, 6.07) is 13.0. The van der Waals surface area contributed by atoms with Gasteiger partial charge in [-0.25, -0.2) is 9.18 Å². The summed E-state index contributed by atoms with van der Waals surface area (Å²) >= 11 is 12.8. The number of halogens is 3. The third kappa shape index (κ3) is 7.90. The van der Waals surface area contributed by atoms with Crippen LogP contribution in [0.1, 0.15) is 118 Å². The number of hydrogen-bond donors (Lipinski definition) is 6. The van der Waals surface area contributed by atoms with Crippen molar-refractivity contribution >= 4 is 77.1 Å². The lowest BCUT2D eigenvalue weighted by Gasteiger charge is -2.47. The number of hydrogen-bond acceptors (Lipinski definition) is 8. The largest absolute Gasteiger partial charge is 0.352 e. The summed E-state index contributed by atoms with van der Waals surface area (Å²) in [4.78, 5) is 103. The van der Waals surface area contributed by atoms with Crippen molar-refractivity contribution in [2.75, 3.05) is 18.4 Å². The minimum absolute atomic E-state index is 0.0190. The number of rotatable bonds is 8. The van der Waals surface area contributed by atoms with E-state index in [1.54, 1.807) is 36.4 Å². The van der Waals surface area contributed by atoms with E-state index in [1.807, 2.05) is 17.0 Å². The molecule has 20 heteroatoms. The molecule has 16 nitrogen and oxygen atoms in total. The number of carbonyl (C=O) groups is 5.